The Hall–Kier alpha value is -0.170. The molecule has 0 aliphatic carbocycles. The van der Waals surface area contributed by atoms with Crippen molar-refractivity contribution in [3.05, 3.63) is 11.7 Å². The molecule has 6 heavy (non-hydrogen) atoms. The molecule has 3 heteroatoms. The largest absolute Gasteiger partial charge is 0.202 e. The Morgan fingerprint density at radius 3 is 2.67 bits per heavy atom. The normalized spacial score (nSPS) is 8.17. The Morgan fingerprint density at radius 1 is 1.83 bits per heavy atom. The van der Waals surface area contributed by atoms with Crippen LogP contribution in [0.4, 0.5) is 0 Å². The van der Waals surface area contributed by atoms with Gasteiger partial charge >= 0.3 is 0 Å². The molecule has 0 saturated heterocycles. The van der Waals surface area contributed by atoms with Crippen molar-refractivity contribution in [2.45, 2.75) is 0 Å². The van der Waals surface area contributed by atoms with Crippen LogP contribution in [0, 0.1) is 0 Å². The maximum absolute atomic E-state index is 5.02. The summed E-state index contributed by atoms with van der Waals surface area (Å²) in [6.45, 7) is 0. The van der Waals surface area contributed by atoms with Crippen LogP contribution in [0.15, 0.2) is 16.7 Å². The fourth-order valence-electron chi connectivity index (χ4n) is 0.0586. The first-order chi connectivity index (χ1) is 2.91. The van der Waals surface area contributed by atoms with Crippen LogP contribution in [0.5, 0.6) is 0 Å². The Labute approximate surface area is 46.3 Å². The molecule has 0 unspecified atom stereocenters. The van der Waals surface area contributed by atoms with Crippen molar-refractivity contribution in [2.24, 2.45) is 4.99 Å². The summed E-state index contributed by atoms with van der Waals surface area (Å²) in [7, 11) is 0. The zero-order chi connectivity index (χ0) is 4.83. The van der Waals surface area contributed by atoms with Crippen LogP contribution in [0.3, 0.4) is 0 Å². The molecule has 0 fully saturated rings. The Bertz CT molecular complexity index is 93.0. The molecule has 0 bridgehead atoms. The number of hydrogen-bond acceptors (Lipinski definition) is 2. The summed E-state index contributed by atoms with van der Waals surface area (Å²) in [5.41, 5.74) is 1.26. The molecule has 0 radical (unpaired) electrons. The van der Waals surface area contributed by atoms with E-state index in [2.05, 4.69) is 22.4 Å². The van der Waals surface area contributed by atoms with Crippen LogP contribution in [0.2, 0.25) is 0 Å². The Morgan fingerprint density at radius 2 is 2.50 bits per heavy atom. The van der Waals surface area contributed by atoms with Gasteiger partial charge in [0.1, 0.15) is 0 Å². The summed E-state index contributed by atoms with van der Waals surface area (Å²) in [5, 5.41) is 2.11. The van der Waals surface area contributed by atoms with Crippen LogP contribution in [-0.2, 0) is 0 Å². The number of aliphatic imine (C=N–C) groups is 1. The highest BCUT2D eigenvalue weighted by Crippen LogP contribution is 1.75. The van der Waals surface area contributed by atoms with Gasteiger partial charge in [0.2, 0.25) is 0 Å². The summed E-state index contributed by atoms with van der Waals surface area (Å²) >= 11 is 9.21. The van der Waals surface area contributed by atoms with E-state index in [1.165, 1.54) is 11.7 Å². The first-order valence-electron chi connectivity index (χ1n) is 1.24. The van der Waals surface area contributed by atoms with Gasteiger partial charge < -0.3 is 0 Å². The van der Waals surface area contributed by atoms with Gasteiger partial charge in [-0.15, -0.1) is 0 Å². The van der Waals surface area contributed by atoms with Crippen molar-refractivity contribution in [3.8, 4) is 0 Å². The number of thiocarbonyl (C=S) groups is 1. The quantitative estimate of drug-likeness (QED) is 0.379. The molecule has 0 aliphatic heterocycles. The van der Waals surface area contributed by atoms with Crippen LogP contribution in [0.1, 0.15) is 0 Å². The van der Waals surface area contributed by atoms with Crippen LogP contribution < -0.4 is 0 Å². The second-order valence-corrected chi connectivity index (χ2v) is 0.930. The van der Waals surface area contributed by atoms with Gasteiger partial charge in [-0.1, -0.05) is 11.6 Å². The molecule has 1 nitrogen and oxygen atoms in total. The molecule has 32 valence electrons. The minimum atomic E-state index is 1.26. The number of rotatable bonds is 1. The zero-order valence-electron chi connectivity index (χ0n) is 2.89. The first-order valence-corrected chi connectivity index (χ1v) is 2.08. The van der Waals surface area contributed by atoms with Crippen molar-refractivity contribution in [3.63, 3.8) is 0 Å². The van der Waals surface area contributed by atoms with Crippen molar-refractivity contribution < 1.29 is 0 Å². The van der Waals surface area contributed by atoms with Crippen molar-refractivity contribution in [1.82, 2.24) is 0 Å². The maximum atomic E-state index is 5.02. The molecule has 0 aromatic carbocycles. The predicted molar refractivity (Wildman–Crippen MR) is 30.0 cm³/mol. The van der Waals surface area contributed by atoms with Gasteiger partial charge in [-0.05, 0) is 12.2 Å². The first kappa shape index (κ1) is 5.83. The molecular formula is C3H2ClNS. The van der Waals surface area contributed by atoms with Crippen LogP contribution in [-0.4, -0.2) is 5.16 Å². The summed E-state index contributed by atoms with van der Waals surface area (Å²) in [4.78, 5) is 3.34. The Kier molecular flexibility index (Phi) is 4.69. The van der Waals surface area contributed by atoms with Crippen molar-refractivity contribution in [1.29, 1.82) is 0 Å². The summed E-state index contributed by atoms with van der Waals surface area (Å²) in [6, 6.07) is 0. The molecule has 0 heterocycles. The monoisotopic (exact) mass is 119 g/mol. The Balaban J connectivity index is 3.33. The van der Waals surface area contributed by atoms with Crippen LogP contribution >= 0.6 is 23.8 Å². The molecule has 0 aromatic rings. The topological polar surface area (TPSA) is 12.4 Å². The molecule has 0 aromatic heterocycles. The fourth-order valence-corrected chi connectivity index (χ4v) is 0.176. The van der Waals surface area contributed by atoms with Gasteiger partial charge in [0.25, 0.3) is 0 Å². The average molecular weight is 120 g/mol. The van der Waals surface area contributed by atoms with E-state index in [1.807, 2.05) is 0 Å². The second-order valence-electron chi connectivity index (χ2n) is 0.495. The molecule has 0 aliphatic rings. The van der Waals surface area contributed by atoms with E-state index in [1.54, 1.807) is 0 Å². The number of nitrogens with zero attached hydrogens (tertiary/aromatic N) is 1. The van der Waals surface area contributed by atoms with Gasteiger partial charge in [0.05, 0.1) is 5.16 Å². The number of halogens is 1. The lowest BCUT2D eigenvalue weighted by Crippen LogP contribution is -1.37. The average Bonchev–Trinajstić information content (AvgIpc) is 1.61. The van der Waals surface area contributed by atoms with Gasteiger partial charge in [-0.25, -0.2) is 4.99 Å². The molecule has 0 atom stereocenters. The summed E-state index contributed by atoms with van der Waals surface area (Å²) in [6.07, 6.45) is 1.36. The third-order valence-electron chi connectivity index (χ3n) is 0.184. The maximum Gasteiger partial charge on any atom is 0.0635 e. The minimum Gasteiger partial charge on any atom is -0.202 e. The van der Waals surface area contributed by atoms with E-state index in [-0.39, 0.29) is 0 Å². The third-order valence-corrected chi connectivity index (χ3v) is 0.402. The lowest BCUT2D eigenvalue weighted by molar-refractivity contribution is 1.64. The predicted octanol–water partition coefficient (Wildman–Crippen LogP) is 1.80. The zero-order valence-corrected chi connectivity index (χ0v) is 4.46. The molecule has 0 saturated carbocycles. The highest BCUT2D eigenvalue weighted by molar-refractivity contribution is 7.78. The standard InChI is InChI=1S/C3H2ClNS/c4-1-2-5-3-6/h1-2H. The highest BCUT2D eigenvalue weighted by Gasteiger charge is 1.48. The van der Waals surface area contributed by atoms with E-state index < -0.39 is 0 Å². The van der Waals surface area contributed by atoms with E-state index in [0.29, 0.717) is 0 Å². The minimum absolute atomic E-state index is 1.26. The second kappa shape index (κ2) is 4.83. The third kappa shape index (κ3) is 3.83. The van der Waals surface area contributed by atoms with E-state index >= 15 is 0 Å². The fraction of sp³-hybridized carbons (Fsp3) is 0. The smallest absolute Gasteiger partial charge is 0.0635 e. The van der Waals surface area contributed by atoms with Crippen LogP contribution in [0.25, 0.3) is 0 Å². The number of hydrogen-bond donors (Lipinski definition) is 0. The highest BCUT2D eigenvalue weighted by atomic mass is 35.5. The molecule has 0 spiro atoms. The van der Waals surface area contributed by atoms with E-state index in [4.69, 9.17) is 11.6 Å². The van der Waals surface area contributed by atoms with Crippen molar-refractivity contribution in [2.75, 3.05) is 0 Å². The van der Waals surface area contributed by atoms with Crippen molar-refractivity contribution >= 4 is 29.0 Å². The number of isothiocyanates is 1. The lowest BCUT2D eigenvalue weighted by atomic mass is 11.1. The van der Waals surface area contributed by atoms with Gasteiger partial charge in [0.15, 0.2) is 0 Å². The lowest BCUT2D eigenvalue weighted by Gasteiger charge is -1.55. The van der Waals surface area contributed by atoms with Gasteiger partial charge in [-0.3, -0.25) is 0 Å². The molecule has 0 N–H and O–H groups in total. The SMILES string of the molecule is S=C=NC=CCl. The van der Waals surface area contributed by atoms with E-state index in [9.17, 15) is 0 Å². The molecular weight excluding hydrogens is 118 g/mol. The molecule has 0 rings (SSSR count). The molecule has 0 amide bonds. The summed E-state index contributed by atoms with van der Waals surface area (Å²) in [5.74, 6) is 0. The van der Waals surface area contributed by atoms with Gasteiger partial charge in [0, 0.05) is 11.7 Å². The van der Waals surface area contributed by atoms with Gasteiger partial charge in [-0.2, -0.15) is 0 Å². The van der Waals surface area contributed by atoms with E-state index in [0.717, 1.165) is 0 Å². The summed E-state index contributed by atoms with van der Waals surface area (Å²) < 4.78 is 0.